The molecule has 0 aromatic heterocycles. The predicted molar refractivity (Wildman–Crippen MR) is 77.4 cm³/mol. The Balaban J connectivity index is 0.000000399. The summed E-state index contributed by atoms with van der Waals surface area (Å²) in [5.41, 5.74) is 3.18. The Hall–Kier alpha value is -1.98. The van der Waals surface area contributed by atoms with E-state index >= 15 is 0 Å². The van der Waals surface area contributed by atoms with Crippen LogP contribution in [0.15, 0.2) is 59.1 Å². The lowest BCUT2D eigenvalue weighted by Gasteiger charge is -2.00. The van der Waals surface area contributed by atoms with Crippen LogP contribution in [-0.2, 0) is 4.79 Å². The van der Waals surface area contributed by atoms with Gasteiger partial charge in [-0.2, -0.15) is 0 Å². The number of carbonyl (C=O) groups excluding carboxylic acids is 2. The van der Waals surface area contributed by atoms with Gasteiger partial charge in [0.2, 0.25) is 6.41 Å². The number of carbonyl (C=O) groups is 2. The molecule has 0 fully saturated rings. The Morgan fingerprint density at radius 3 is 1.95 bits per heavy atom. The van der Waals surface area contributed by atoms with Gasteiger partial charge in [0.25, 0.3) is 0 Å². The molecular formula is C14H13BrN2O2. The molecule has 0 saturated heterocycles. The number of benzene rings is 2. The van der Waals surface area contributed by atoms with E-state index in [-0.39, 0.29) is 5.78 Å². The Morgan fingerprint density at radius 1 is 1.00 bits per heavy atom. The molecule has 0 saturated carbocycles. The number of rotatable bonds is 3. The number of amides is 1. The topological polar surface area (TPSA) is 72.2 Å². The largest absolute Gasteiger partial charge is 0.297 e. The molecule has 19 heavy (non-hydrogen) atoms. The SMILES string of the molecule is NNC=O.O=C(c1ccccc1)c1ccc(Br)cc1. The molecule has 5 heteroatoms. The van der Waals surface area contributed by atoms with E-state index in [0.29, 0.717) is 12.0 Å². The number of hydrogen-bond donors (Lipinski definition) is 2. The summed E-state index contributed by atoms with van der Waals surface area (Å²) in [6, 6.07) is 16.7. The lowest BCUT2D eigenvalue weighted by molar-refractivity contribution is -0.109. The highest BCUT2D eigenvalue weighted by Gasteiger charge is 2.07. The van der Waals surface area contributed by atoms with Gasteiger partial charge in [-0.15, -0.1) is 0 Å². The van der Waals surface area contributed by atoms with Gasteiger partial charge in [0.1, 0.15) is 0 Å². The summed E-state index contributed by atoms with van der Waals surface area (Å²) >= 11 is 3.34. The second kappa shape index (κ2) is 8.18. The predicted octanol–water partition coefficient (Wildman–Crippen LogP) is 2.29. The van der Waals surface area contributed by atoms with Crippen LogP contribution in [0.2, 0.25) is 0 Å². The molecule has 0 radical (unpaired) electrons. The van der Waals surface area contributed by atoms with Crippen molar-refractivity contribution < 1.29 is 9.59 Å². The third kappa shape index (κ3) is 5.03. The molecule has 1 amide bonds. The second-order valence-corrected chi connectivity index (χ2v) is 4.40. The third-order valence-electron chi connectivity index (χ3n) is 2.21. The van der Waals surface area contributed by atoms with Gasteiger partial charge in [-0.05, 0) is 24.3 Å². The number of hydrazine groups is 1. The first-order chi connectivity index (χ1) is 9.19. The number of nitrogens with one attached hydrogen (secondary N) is 1. The Morgan fingerprint density at radius 2 is 1.47 bits per heavy atom. The average molecular weight is 321 g/mol. The maximum atomic E-state index is 11.9. The van der Waals surface area contributed by atoms with Crippen LogP contribution < -0.4 is 11.3 Å². The summed E-state index contributed by atoms with van der Waals surface area (Å²) in [5.74, 6) is 4.47. The van der Waals surface area contributed by atoms with E-state index in [1.807, 2.05) is 54.6 Å². The third-order valence-corrected chi connectivity index (χ3v) is 2.74. The molecule has 0 aliphatic rings. The number of halogens is 1. The Kier molecular flexibility index (Phi) is 6.49. The fraction of sp³-hybridized carbons (Fsp3) is 0. The quantitative estimate of drug-likeness (QED) is 0.299. The summed E-state index contributed by atoms with van der Waals surface area (Å²) < 4.78 is 0.979. The molecule has 0 atom stereocenters. The van der Waals surface area contributed by atoms with Gasteiger partial charge in [0.05, 0.1) is 0 Å². The van der Waals surface area contributed by atoms with Gasteiger partial charge in [0, 0.05) is 15.6 Å². The van der Waals surface area contributed by atoms with E-state index in [4.69, 9.17) is 4.79 Å². The molecule has 0 spiro atoms. The Bertz CT molecular complexity index is 527. The summed E-state index contributed by atoms with van der Waals surface area (Å²) in [6.45, 7) is 0. The van der Waals surface area contributed by atoms with Gasteiger partial charge < -0.3 is 0 Å². The maximum absolute atomic E-state index is 11.9. The van der Waals surface area contributed by atoms with Gasteiger partial charge in [-0.1, -0.05) is 46.3 Å². The minimum atomic E-state index is 0.0584. The van der Waals surface area contributed by atoms with Crippen molar-refractivity contribution in [2.45, 2.75) is 0 Å². The maximum Gasteiger partial charge on any atom is 0.221 e. The summed E-state index contributed by atoms with van der Waals surface area (Å²) in [6.07, 6.45) is 0.403. The molecule has 0 aliphatic heterocycles. The van der Waals surface area contributed by atoms with Crippen LogP contribution in [0, 0.1) is 0 Å². The second-order valence-electron chi connectivity index (χ2n) is 3.49. The molecule has 2 aromatic rings. The summed E-state index contributed by atoms with van der Waals surface area (Å²) in [4.78, 5) is 20.9. The van der Waals surface area contributed by atoms with Crippen molar-refractivity contribution in [3.05, 3.63) is 70.2 Å². The normalized spacial score (nSPS) is 8.95. The van der Waals surface area contributed by atoms with Crippen molar-refractivity contribution in [2.24, 2.45) is 5.84 Å². The molecule has 0 unspecified atom stereocenters. The Labute approximate surface area is 119 Å². The number of nitrogens with two attached hydrogens (primary N) is 1. The zero-order valence-corrected chi connectivity index (χ0v) is 11.6. The van der Waals surface area contributed by atoms with E-state index in [2.05, 4.69) is 21.8 Å². The molecular weight excluding hydrogens is 308 g/mol. The smallest absolute Gasteiger partial charge is 0.221 e. The zero-order chi connectivity index (χ0) is 14.1. The van der Waals surface area contributed by atoms with Crippen molar-refractivity contribution in [1.82, 2.24) is 5.43 Å². The minimum absolute atomic E-state index is 0.0584. The first kappa shape index (κ1) is 15.1. The molecule has 0 heterocycles. The highest BCUT2D eigenvalue weighted by atomic mass is 79.9. The zero-order valence-electron chi connectivity index (χ0n) is 10.0. The lowest BCUT2D eigenvalue weighted by atomic mass is 10.0. The number of hydrogen-bond acceptors (Lipinski definition) is 3. The lowest BCUT2D eigenvalue weighted by Crippen LogP contribution is -2.18. The van der Waals surface area contributed by atoms with Crippen LogP contribution >= 0.6 is 15.9 Å². The molecule has 98 valence electrons. The van der Waals surface area contributed by atoms with Crippen molar-refractivity contribution >= 4 is 28.1 Å². The van der Waals surface area contributed by atoms with E-state index in [0.717, 1.165) is 10.0 Å². The van der Waals surface area contributed by atoms with Crippen LogP contribution in [0.4, 0.5) is 0 Å². The first-order valence-corrected chi connectivity index (χ1v) is 6.23. The van der Waals surface area contributed by atoms with Crippen LogP contribution in [0.5, 0.6) is 0 Å². The first-order valence-electron chi connectivity index (χ1n) is 5.44. The van der Waals surface area contributed by atoms with Crippen LogP contribution in [0.25, 0.3) is 0 Å². The van der Waals surface area contributed by atoms with Gasteiger partial charge >= 0.3 is 0 Å². The van der Waals surface area contributed by atoms with E-state index in [1.165, 1.54) is 0 Å². The molecule has 2 rings (SSSR count). The van der Waals surface area contributed by atoms with Crippen molar-refractivity contribution in [3.8, 4) is 0 Å². The van der Waals surface area contributed by atoms with Crippen LogP contribution in [0.3, 0.4) is 0 Å². The van der Waals surface area contributed by atoms with Crippen LogP contribution in [0.1, 0.15) is 15.9 Å². The van der Waals surface area contributed by atoms with Gasteiger partial charge in [0.15, 0.2) is 5.78 Å². The molecule has 3 N–H and O–H groups in total. The molecule has 4 nitrogen and oxygen atoms in total. The molecule has 0 aliphatic carbocycles. The molecule has 0 bridgehead atoms. The monoisotopic (exact) mass is 320 g/mol. The van der Waals surface area contributed by atoms with E-state index in [9.17, 15) is 4.79 Å². The summed E-state index contributed by atoms with van der Waals surface area (Å²) in [5, 5.41) is 0. The summed E-state index contributed by atoms with van der Waals surface area (Å²) in [7, 11) is 0. The van der Waals surface area contributed by atoms with Gasteiger partial charge in [-0.25, -0.2) is 5.84 Å². The number of ketones is 1. The van der Waals surface area contributed by atoms with E-state index in [1.54, 1.807) is 5.43 Å². The fourth-order valence-corrected chi connectivity index (χ4v) is 1.62. The highest BCUT2D eigenvalue weighted by molar-refractivity contribution is 9.10. The van der Waals surface area contributed by atoms with E-state index < -0.39 is 0 Å². The standard InChI is InChI=1S/C13H9BrO.CH4N2O/c14-12-8-6-11(7-9-12)13(15)10-4-2-1-3-5-10;2-3-1-4/h1-9H;1H,2H2,(H,3,4). The van der Waals surface area contributed by atoms with Crippen LogP contribution in [-0.4, -0.2) is 12.2 Å². The van der Waals surface area contributed by atoms with Crippen molar-refractivity contribution in [3.63, 3.8) is 0 Å². The van der Waals surface area contributed by atoms with Crippen molar-refractivity contribution in [1.29, 1.82) is 0 Å². The average Bonchev–Trinajstić information content (AvgIpc) is 2.48. The minimum Gasteiger partial charge on any atom is -0.297 e. The highest BCUT2D eigenvalue weighted by Crippen LogP contribution is 2.14. The van der Waals surface area contributed by atoms with Crippen molar-refractivity contribution in [2.75, 3.05) is 0 Å². The molecule has 2 aromatic carbocycles. The fourth-order valence-electron chi connectivity index (χ4n) is 1.36. The van der Waals surface area contributed by atoms with Gasteiger partial charge in [-0.3, -0.25) is 15.0 Å².